The number of fused-ring (bicyclic) bond motifs is 1. The van der Waals surface area contributed by atoms with Gasteiger partial charge in [-0.1, -0.05) is 6.92 Å². The lowest BCUT2D eigenvalue weighted by Gasteiger charge is -2.03. The van der Waals surface area contributed by atoms with Crippen molar-refractivity contribution in [2.45, 2.75) is 33.2 Å². The molecule has 0 bridgehead atoms. The summed E-state index contributed by atoms with van der Waals surface area (Å²) in [6.07, 6.45) is -1.85. The number of hydrogen-bond acceptors (Lipinski definition) is 2. The number of aryl methyl sites for hydroxylation is 2. The van der Waals surface area contributed by atoms with E-state index in [4.69, 9.17) is 0 Å². The summed E-state index contributed by atoms with van der Waals surface area (Å²) in [4.78, 5) is 13.9. The van der Waals surface area contributed by atoms with Crippen molar-refractivity contribution in [3.63, 3.8) is 0 Å². The number of nitrogens with one attached hydrogen (secondary N) is 1. The van der Waals surface area contributed by atoms with E-state index in [9.17, 15) is 13.6 Å². The van der Waals surface area contributed by atoms with E-state index in [1.165, 1.54) is 0 Å². The first-order valence-electron chi connectivity index (χ1n) is 5.43. The van der Waals surface area contributed by atoms with Gasteiger partial charge in [-0.3, -0.25) is 4.79 Å². The van der Waals surface area contributed by atoms with Crippen LogP contribution in [0.4, 0.5) is 8.78 Å². The van der Waals surface area contributed by atoms with Crippen LogP contribution in [-0.4, -0.2) is 14.8 Å². The third-order valence-electron chi connectivity index (χ3n) is 2.61. The summed E-state index contributed by atoms with van der Waals surface area (Å²) in [5.41, 5.74) is 0.126. The largest absolute Gasteiger partial charge is 0.307 e. The Kier molecular flexibility index (Phi) is 2.95. The van der Waals surface area contributed by atoms with Gasteiger partial charge in [0.1, 0.15) is 5.65 Å². The molecule has 0 spiro atoms. The first-order chi connectivity index (χ1) is 8.04. The Labute approximate surface area is 96.3 Å². The second kappa shape index (κ2) is 4.27. The lowest BCUT2D eigenvalue weighted by molar-refractivity contribution is 0.153. The molecule has 92 valence electrons. The third-order valence-corrected chi connectivity index (χ3v) is 2.61. The van der Waals surface area contributed by atoms with Crippen LogP contribution in [0, 0.1) is 6.92 Å². The number of rotatable bonds is 3. The molecule has 2 aromatic heterocycles. The zero-order chi connectivity index (χ0) is 12.6. The van der Waals surface area contributed by atoms with Gasteiger partial charge in [-0.2, -0.15) is 5.10 Å². The molecule has 0 saturated heterocycles. The standard InChI is InChI=1S/C11H13F2N3O/c1-3-4-16-11-9(6(2)15-16)7(10(12)13)5-8(17)14-11/h5,10H,3-4H2,1-2H3,(H,14,17). The molecule has 17 heavy (non-hydrogen) atoms. The summed E-state index contributed by atoms with van der Waals surface area (Å²) in [7, 11) is 0. The molecule has 0 radical (unpaired) electrons. The Morgan fingerprint density at radius 3 is 2.82 bits per heavy atom. The van der Waals surface area contributed by atoms with Crippen LogP contribution < -0.4 is 5.56 Å². The highest BCUT2D eigenvalue weighted by molar-refractivity contribution is 5.82. The molecule has 4 nitrogen and oxygen atoms in total. The number of nitrogens with zero attached hydrogens (tertiary/aromatic N) is 2. The van der Waals surface area contributed by atoms with Gasteiger partial charge in [0.15, 0.2) is 0 Å². The Hall–Kier alpha value is -1.72. The zero-order valence-corrected chi connectivity index (χ0v) is 9.63. The van der Waals surface area contributed by atoms with Gasteiger partial charge in [0, 0.05) is 23.6 Å². The normalized spacial score (nSPS) is 11.6. The highest BCUT2D eigenvalue weighted by Crippen LogP contribution is 2.27. The molecular formula is C11H13F2N3O. The molecule has 2 rings (SSSR count). The number of hydrogen-bond donors (Lipinski definition) is 1. The Morgan fingerprint density at radius 2 is 2.24 bits per heavy atom. The maximum absolute atomic E-state index is 12.9. The predicted molar refractivity (Wildman–Crippen MR) is 60.3 cm³/mol. The molecule has 0 amide bonds. The number of aromatic nitrogens is 3. The fourth-order valence-electron chi connectivity index (χ4n) is 1.97. The fraction of sp³-hybridized carbons (Fsp3) is 0.455. The minimum absolute atomic E-state index is 0.247. The molecule has 0 aliphatic rings. The van der Waals surface area contributed by atoms with Crippen LogP contribution in [0.1, 0.15) is 31.0 Å². The minimum atomic E-state index is -2.67. The molecule has 0 aromatic carbocycles. The number of halogens is 2. The molecule has 0 aliphatic carbocycles. The van der Waals surface area contributed by atoms with Crippen molar-refractivity contribution in [2.24, 2.45) is 0 Å². The van der Waals surface area contributed by atoms with Gasteiger partial charge in [-0.05, 0) is 13.3 Å². The van der Waals surface area contributed by atoms with Crippen molar-refractivity contribution in [1.29, 1.82) is 0 Å². The summed E-state index contributed by atoms with van der Waals surface area (Å²) in [5, 5.41) is 4.53. The molecule has 1 N–H and O–H groups in total. The molecule has 0 aliphatic heterocycles. The topological polar surface area (TPSA) is 50.7 Å². The smallest absolute Gasteiger partial charge is 0.264 e. The summed E-state index contributed by atoms with van der Waals surface area (Å²) >= 11 is 0. The minimum Gasteiger partial charge on any atom is -0.307 e. The van der Waals surface area contributed by atoms with Crippen molar-refractivity contribution in [3.8, 4) is 0 Å². The molecule has 6 heteroatoms. The van der Waals surface area contributed by atoms with Crippen molar-refractivity contribution in [2.75, 3.05) is 0 Å². The van der Waals surface area contributed by atoms with E-state index in [0.29, 0.717) is 23.3 Å². The van der Waals surface area contributed by atoms with Gasteiger partial charge in [-0.15, -0.1) is 0 Å². The first-order valence-corrected chi connectivity index (χ1v) is 5.43. The molecule has 2 heterocycles. The zero-order valence-electron chi connectivity index (χ0n) is 9.63. The van der Waals surface area contributed by atoms with Crippen molar-refractivity contribution >= 4 is 11.0 Å². The first kappa shape index (κ1) is 11.8. The van der Waals surface area contributed by atoms with Gasteiger partial charge >= 0.3 is 0 Å². The molecule has 0 fully saturated rings. The fourth-order valence-corrected chi connectivity index (χ4v) is 1.97. The summed E-state index contributed by atoms with van der Waals surface area (Å²) in [6, 6.07) is 0.942. The summed E-state index contributed by atoms with van der Waals surface area (Å²) < 4.78 is 27.3. The highest BCUT2D eigenvalue weighted by Gasteiger charge is 2.18. The van der Waals surface area contributed by atoms with E-state index in [2.05, 4.69) is 10.1 Å². The number of H-pyrrole nitrogens is 1. The van der Waals surface area contributed by atoms with Crippen molar-refractivity contribution in [1.82, 2.24) is 14.8 Å². The number of pyridine rings is 1. The van der Waals surface area contributed by atoms with Crippen LogP contribution in [0.5, 0.6) is 0 Å². The average Bonchev–Trinajstić information content (AvgIpc) is 2.55. The van der Waals surface area contributed by atoms with Crippen LogP contribution in [0.15, 0.2) is 10.9 Å². The van der Waals surface area contributed by atoms with Crippen LogP contribution in [0.25, 0.3) is 11.0 Å². The van der Waals surface area contributed by atoms with Crippen LogP contribution in [0.2, 0.25) is 0 Å². The van der Waals surface area contributed by atoms with E-state index in [0.717, 1.165) is 12.5 Å². The molecular weight excluding hydrogens is 228 g/mol. The second-order valence-corrected chi connectivity index (χ2v) is 3.92. The van der Waals surface area contributed by atoms with Gasteiger partial charge in [0.25, 0.3) is 6.43 Å². The van der Waals surface area contributed by atoms with Gasteiger partial charge in [0.2, 0.25) is 5.56 Å². The quantitative estimate of drug-likeness (QED) is 0.896. The van der Waals surface area contributed by atoms with E-state index in [1.54, 1.807) is 11.6 Å². The van der Waals surface area contributed by atoms with E-state index >= 15 is 0 Å². The molecule has 0 saturated carbocycles. The monoisotopic (exact) mass is 241 g/mol. The van der Waals surface area contributed by atoms with Gasteiger partial charge in [-0.25, -0.2) is 13.5 Å². The van der Waals surface area contributed by atoms with Crippen molar-refractivity contribution < 1.29 is 8.78 Å². The Bertz CT molecular complexity index is 601. The van der Waals surface area contributed by atoms with E-state index < -0.39 is 12.0 Å². The second-order valence-electron chi connectivity index (χ2n) is 3.92. The number of aromatic amines is 1. The molecule has 0 atom stereocenters. The maximum atomic E-state index is 12.9. The summed E-state index contributed by atoms with van der Waals surface area (Å²) in [5.74, 6) is 0. The molecule has 0 unspecified atom stereocenters. The predicted octanol–water partition coefficient (Wildman–Crippen LogP) is 2.38. The van der Waals surface area contributed by atoms with E-state index in [1.807, 2.05) is 6.92 Å². The third kappa shape index (κ3) is 1.94. The maximum Gasteiger partial charge on any atom is 0.264 e. The highest BCUT2D eigenvalue weighted by atomic mass is 19.3. The van der Waals surface area contributed by atoms with Crippen LogP contribution in [0.3, 0.4) is 0 Å². The Balaban J connectivity index is 2.81. The van der Waals surface area contributed by atoms with Crippen LogP contribution in [-0.2, 0) is 6.54 Å². The average molecular weight is 241 g/mol. The van der Waals surface area contributed by atoms with Crippen molar-refractivity contribution in [3.05, 3.63) is 27.7 Å². The van der Waals surface area contributed by atoms with Gasteiger partial charge < -0.3 is 4.98 Å². The van der Waals surface area contributed by atoms with E-state index in [-0.39, 0.29) is 5.56 Å². The Morgan fingerprint density at radius 1 is 1.53 bits per heavy atom. The molecule has 2 aromatic rings. The lowest BCUT2D eigenvalue weighted by atomic mass is 10.1. The lowest BCUT2D eigenvalue weighted by Crippen LogP contribution is -2.09. The SMILES string of the molecule is CCCn1nc(C)c2c(C(F)F)cc(=O)[nH]c21. The van der Waals surface area contributed by atoms with Crippen LogP contribution >= 0.6 is 0 Å². The van der Waals surface area contributed by atoms with Gasteiger partial charge in [0.05, 0.1) is 5.69 Å². The number of alkyl halides is 2. The summed E-state index contributed by atoms with van der Waals surface area (Å²) in [6.45, 7) is 4.21.